The SMILES string of the molecule is O=C(CC1CCNCC1)Nc1cncc(-c2ccc3[nH]nc(-c4nc5nccc(-c6cccs6)c5[nH]4)c3n2)c1. The first-order valence-corrected chi connectivity index (χ1v) is 13.8. The van der Waals surface area contributed by atoms with E-state index >= 15 is 0 Å². The van der Waals surface area contributed by atoms with Crippen LogP contribution < -0.4 is 10.6 Å². The molecule has 0 aromatic carbocycles. The van der Waals surface area contributed by atoms with E-state index in [-0.39, 0.29) is 5.91 Å². The molecule has 11 heteroatoms. The number of carbonyl (C=O) groups excluding carboxylic acids is 1. The smallest absolute Gasteiger partial charge is 0.224 e. The lowest BCUT2D eigenvalue weighted by molar-refractivity contribution is -0.117. The number of nitrogens with zero attached hydrogens (tertiary/aromatic N) is 5. The molecule has 0 radical (unpaired) electrons. The lowest BCUT2D eigenvalue weighted by Crippen LogP contribution is -2.30. The Morgan fingerprint density at radius 2 is 2.03 bits per heavy atom. The Morgan fingerprint density at radius 3 is 2.90 bits per heavy atom. The molecule has 39 heavy (non-hydrogen) atoms. The van der Waals surface area contributed by atoms with Crippen molar-refractivity contribution >= 4 is 45.1 Å². The summed E-state index contributed by atoms with van der Waals surface area (Å²) in [5.41, 5.74) is 6.80. The maximum atomic E-state index is 12.6. The van der Waals surface area contributed by atoms with Gasteiger partial charge in [-0.15, -0.1) is 11.3 Å². The number of imidazole rings is 1. The Morgan fingerprint density at radius 1 is 1.10 bits per heavy atom. The van der Waals surface area contributed by atoms with Crippen molar-refractivity contribution in [2.45, 2.75) is 19.3 Å². The molecule has 7 rings (SSSR count). The number of aromatic amines is 2. The van der Waals surface area contributed by atoms with Gasteiger partial charge in [0.25, 0.3) is 0 Å². The molecule has 0 atom stereocenters. The second kappa shape index (κ2) is 10.0. The van der Waals surface area contributed by atoms with Crippen LogP contribution in [0.15, 0.2) is 60.4 Å². The van der Waals surface area contributed by atoms with E-state index in [4.69, 9.17) is 9.97 Å². The third-order valence-electron chi connectivity index (χ3n) is 7.06. The van der Waals surface area contributed by atoms with Crippen LogP contribution in [0, 0.1) is 5.92 Å². The Balaban J connectivity index is 1.19. The van der Waals surface area contributed by atoms with Crippen LogP contribution in [0.1, 0.15) is 19.3 Å². The van der Waals surface area contributed by atoms with E-state index in [1.165, 1.54) is 0 Å². The van der Waals surface area contributed by atoms with Crippen molar-refractivity contribution < 1.29 is 4.79 Å². The largest absolute Gasteiger partial charge is 0.335 e. The summed E-state index contributed by atoms with van der Waals surface area (Å²) in [5.74, 6) is 1.03. The van der Waals surface area contributed by atoms with Crippen molar-refractivity contribution in [3.63, 3.8) is 0 Å². The number of thiophene rings is 1. The lowest BCUT2D eigenvalue weighted by atomic mass is 9.94. The number of anilines is 1. The van der Waals surface area contributed by atoms with Crippen LogP contribution in [-0.2, 0) is 4.79 Å². The normalized spacial score (nSPS) is 14.3. The Bertz CT molecular complexity index is 1780. The van der Waals surface area contributed by atoms with Gasteiger partial charge >= 0.3 is 0 Å². The highest BCUT2D eigenvalue weighted by molar-refractivity contribution is 7.13. The summed E-state index contributed by atoms with van der Waals surface area (Å²) in [6, 6.07) is 11.8. The Labute approximate surface area is 227 Å². The zero-order valence-corrected chi connectivity index (χ0v) is 21.8. The number of amides is 1. The van der Waals surface area contributed by atoms with Gasteiger partial charge in [0.05, 0.1) is 28.6 Å². The van der Waals surface area contributed by atoms with Crippen LogP contribution in [0.5, 0.6) is 0 Å². The summed E-state index contributed by atoms with van der Waals surface area (Å²) in [5, 5.41) is 16.0. The summed E-state index contributed by atoms with van der Waals surface area (Å²) >= 11 is 1.67. The van der Waals surface area contributed by atoms with Crippen molar-refractivity contribution in [3.8, 4) is 33.2 Å². The van der Waals surface area contributed by atoms with Crippen LogP contribution in [0.2, 0.25) is 0 Å². The zero-order chi connectivity index (χ0) is 26.2. The van der Waals surface area contributed by atoms with Crippen molar-refractivity contribution in [1.29, 1.82) is 0 Å². The fourth-order valence-corrected chi connectivity index (χ4v) is 5.85. The van der Waals surface area contributed by atoms with Gasteiger partial charge in [-0.25, -0.2) is 15.0 Å². The minimum Gasteiger partial charge on any atom is -0.335 e. The van der Waals surface area contributed by atoms with Crippen molar-refractivity contribution in [2.24, 2.45) is 5.92 Å². The predicted octanol–water partition coefficient (Wildman–Crippen LogP) is 5.01. The summed E-state index contributed by atoms with van der Waals surface area (Å²) in [4.78, 5) is 35.6. The van der Waals surface area contributed by atoms with E-state index in [2.05, 4.69) is 47.2 Å². The van der Waals surface area contributed by atoms with E-state index in [0.29, 0.717) is 40.7 Å². The molecule has 4 N–H and O–H groups in total. The number of carbonyl (C=O) groups is 1. The Kier molecular flexibility index (Phi) is 6.06. The summed E-state index contributed by atoms with van der Waals surface area (Å²) in [6.45, 7) is 1.94. The first-order chi connectivity index (χ1) is 19.2. The highest BCUT2D eigenvalue weighted by atomic mass is 32.1. The minimum absolute atomic E-state index is 0.0156. The van der Waals surface area contributed by atoms with E-state index in [1.54, 1.807) is 29.9 Å². The molecule has 194 valence electrons. The second-order valence-electron chi connectivity index (χ2n) is 9.69. The molecule has 10 nitrogen and oxygen atoms in total. The molecule has 6 aromatic heterocycles. The maximum Gasteiger partial charge on any atom is 0.224 e. The number of H-pyrrole nitrogens is 2. The Hall–Kier alpha value is -4.48. The molecule has 1 amide bonds. The lowest BCUT2D eigenvalue weighted by Gasteiger charge is -2.21. The number of pyridine rings is 3. The molecule has 0 unspecified atom stereocenters. The second-order valence-corrected chi connectivity index (χ2v) is 10.6. The predicted molar refractivity (Wildman–Crippen MR) is 152 cm³/mol. The standard InChI is InChI=1S/C28H25N9OS/c38-23(12-16-5-8-29-9-6-16)32-18-13-17(14-30-15-18)20-3-4-21-25(33-20)26(37-36-21)28-34-24-19(22-2-1-11-39-22)7-10-31-27(24)35-28/h1-4,7,10-11,13-16,29H,5-6,8-9,12H2,(H,32,38)(H,36,37)(H,31,34,35). The van der Waals surface area contributed by atoms with E-state index in [0.717, 1.165) is 58.7 Å². The molecule has 6 aromatic rings. The number of hydrogen-bond donors (Lipinski definition) is 4. The number of aromatic nitrogens is 7. The topological polar surface area (TPSA) is 137 Å². The van der Waals surface area contributed by atoms with E-state index < -0.39 is 0 Å². The van der Waals surface area contributed by atoms with Gasteiger partial charge in [-0.3, -0.25) is 14.9 Å². The average molecular weight is 536 g/mol. The van der Waals surface area contributed by atoms with Crippen LogP contribution in [0.25, 0.3) is 55.4 Å². The fourth-order valence-electron chi connectivity index (χ4n) is 5.09. The van der Waals surface area contributed by atoms with Gasteiger partial charge in [0.15, 0.2) is 17.2 Å². The number of nitrogens with one attached hydrogen (secondary N) is 4. The highest BCUT2D eigenvalue weighted by Crippen LogP contribution is 2.33. The highest BCUT2D eigenvalue weighted by Gasteiger charge is 2.19. The molecule has 1 aliphatic heterocycles. The van der Waals surface area contributed by atoms with Gasteiger partial charge in [0.2, 0.25) is 5.91 Å². The molecule has 0 saturated carbocycles. The van der Waals surface area contributed by atoms with Gasteiger partial charge in [-0.2, -0.15) is 5.10 Å². The van der Waals surface area contributed by atoms with Gasteiger partial charge in [0, 0.05) is 34.8 Å². The molecule has 1 aliphatic rings. The summed E-state index contributed by atoms with van der Waals surface area (Å²) in [6.07, 6.45) is 7.76. The number of piperidine rings is 1. The molecule has 0 spiro atoms. The molecule has 0 bridgehead atoms. The van der Waals surface area contributed by atoms with Crippen LogP contribution in [0.3, 0.4) is 0 Å². The van der Waals surface area contributed by atoms with Crippen LogP contribution in [-0.4, -0.2) is 54.1 Å². The maximum absolute atomic E-state index is 12.6. The van der Waals surface area contributed by atoms with Gasteiger partial charge < -0.3 is 15.6 Å². The first kappa shape index (κ1) is 23.6. The third-order valence-corrected chi connectivity index (χ3v) is 7.96. The molecular formula is C28H25N9OS. The van der Waals surface area contributed by atoms with Crippen molar-refractivity contribution in [2.75, 3.05) is 18.4 Å². The monoisotopic (exact) mass is 535 g/mol. The molecule has 1 fully saturated rings. The van der Waals surface area contributed by atoms with E-state index in [1.807, 2.05) is 30.3 Å². The van der Waals surface area contributed by atoms with Crippen LogP contribution in [0.4, 0.5) is 5.69 Å². The van der Waals surface area contributed by atoms with Crippen molar-refractivity contribution in [3.05, 3.63) is 60.4 Å². The number of fused-ring (bicyclic) bond motifs is 2. The number of hydrogen-bond acceptors (Lipinski definition) is 8. The van der Waals surface area contributed by atoms with Gasteiger partial charge in [0.1, 0.15) is 5.52 Å². The van der Waals surface area contributed by atoms with Crippen LogP contribution >= 0.6 is 11.3 Å². The van der Waals surface area contributed by atoms with Crippen molar-refractivity contribution in [1.82, 2.24) is 40.4 Å². The first-order valence-electron chi connectivity index (χ1n) is 12.9. The molecular weight excluding hydrogens is 510 g/mol. The van der Waals surface area contributed by atoms with E-state index in [9.17, 15) is 4.79 Å². The molecule has 0 aliphatic carbocycles. The quantitative estimate of drug-likeness (QED) is 0.235. The van der Waals surface area contributed by atoms with Gasteiger partial charge in [-0.1, -0.05) is 6.07 Å². The molecule has 7 heterocycles. The number of rotatable bonds is 6. The van der Waals surface area contributed by atoms with Gasteiger partial charge in [-0.05, 0) is 67.6 Å². The fraction of sp³-hybridized carbons (Fsp3) is 0.214. The molecule has 1 saturated heterocycles. The average Bonchev–Trinajstić information content (AvgIpc) is 3.73. The summed E-state index contributed by atoms with van der Waals surface area (Å²) < 4.78 is 0. The minimum atomic E-state index is 0.0156. The zero-order valence-electron chi connectivity index (χ0n) is 20.9. The third kappa shape index (κ3) is 4.66. The summed E-state index contributed by atoms with van der Waals surface area (Å²) in [7, 11) is 0.